The first kappa shape index (κ1) is 16.3. The summed E-state index contributed by atoms with van der Waals surface area (Å²) in [5, 5.41) is 7.47. The van der Waals surface area contributed by atoms with Gasteiger partial charge in [-0.3, -0.25) is 0 Å². The van der Waals surface area contributed by atoms with Gasteiger partial charge in [0.2, 0.25) is 15.0 Å². The molecule has 8 heteroatoms. The van der Waals surface area contributed by atoms with Crippen LogP contribution in [0.5, 0.6) is 0 Å². The molecular formula is C13H21F2N3O2S. The number of aryl methyl sites for hydroxylation is 1. The van der Waals surface area contributed by atoms with E-state index in [4.69, 9.17) is 0 Å². The predicted octanol–water partition coefficient (Wildman–Crippen LogP) is 2.37. The van der Waals surface area contributed by atoms with Gasteiger partial charge in [-0.25, -0.2) is 17.2 Å². The lowest BCUT2D eigenvalue weighted by Crippen LogP contribution is -2.25. The molecule has 1 aliphatic rings. The van der Waals surface area contributed by atoms with Crippen LogP contribution in [0.4, 0.5) is 8.78 Å². The zero-order valence-electron chi connectivity index (χ0n) is 12.3. The van der Waals surface area contributed by atoms with Gasteiger partial charge in [-0.15, -0.1) is 10.2 Å². The van der Waals surface area contributed by atoms with E-state index in [0.29, 0.717) is 25.1 Å². The minimum absolute atomic E-state index is 0.0225. The quantitative estimate of drug-likeness (QED) is 0.807. The first-order valence-corrected chi connectivity index (χ1v) is 8.92. The first-order valence-electron chi connectivity index (χ1n) is 7.27. The Bertz CT molecular complexity index is 599. The third-order valence-electron chi connectivity index (χ3n) is 4.07. The fourth-order valence-corrected chi connectivity index (χ4v) is 4.27. The molecule has 120 valence electrons. The Labute approximate surface area is 123 Å². The van der Waals surface area contributed by atoms with Crippen LogP contribution in [0.3, 0.4) is 0 Å². The highest BCUT2D eigenvalue weighted by atomic mass is 32.2. The molecule has 1 heterocycles. The molecule has 2 rings (SSSR count). The van der Waals surface area contributed by atoms with E-state index in [0.717, 1.165) is 6.42 Å². The van der Waals surface area contributed by atoms with Crippen LogP contribution in [0.15, 0.2) is 5.16 Å². The Balaban J connectivity index is 2.08. The zero-order chi connectivity index (χ0) is 15.7. The second-order valence-corrected chi connectivity index (χ2v) is 7.67. The Morgan fingerprint density at radius 1 is 1.38 bits per heavy atom. The zero-order valence-corrected chi connectivity index (χ0v) is 13.2. The van der Waals surface area contributed by atoms with Crippen LogP contribution in [-0.2, 0) is 23.3 Å². The predicted molar refractivity (Wildman–Crippen MR) is 74.0 cm³/mol. The highest BCUT2D eigenvalue weighted by Gasteiger charge is 2.44. The average Bonchev–Trinajstić information content (AvgIpc) is 2.92. The van der Waals surface area contributed by atoms with Crippen LogP contribution in [-0.4, -0.2) is 34.9 Å². The summed E-state index contributed by atoms with van der Waals surface area (Å²) < 4.78 is 53.1. The molecule has 0 amide bonds. The number of hydrogen-bond donors (Lipinski definition) is 0. The third-order valence-corrected chi connectivity index (χ3v) is 5.76. The summed E-state index contributed by atoms with van der Waals surface area (Å²) >= 11 is 0. The molecule has 1 saturated carbocycles. The lowest BCUT2D eigenvalue weighted by molar-refractivity contribution is -0.0374. The van der Waals surface area contributed by atoms with Gasteiger partial charge in [-0.2, -0.15) is 0 Å². The summed E-state index contributed by atoms with van der Waals surface area (Å²) in [7, 11) is -2.07. The normalized spacial score (nSPS) is 21.8. The van der Waals surface area contributed by atoms with Crippen molar-refractivity contribution in [3.05, 3.63) is 5.82 Å². The number of rotatable bonds is 6. The SMILES string of the molecule is CCCc1nnc(S(=O)(=O)CCC2CCCC2(F)F)n1C. The number of aromatic nitrogens is 3. The highest BCUT2D eigenvalue weighted by Crippen LogP contribution is 2.42. The van der Waals surface area contributed by atoms with E-state index >= 15 is 0 Å². The second-order valence-electron chi connectivity index (χ2n) is 5.67. The van der Waals surface area contributed by atoms with E-state index in [-0.39, 0.29) is 23.8 Å². The van der Waals surface area contributed by atoms with Crippen molar-refractivity contribution >= 4 is 9.84 Å². The molecule has 0 aliphatic heterocycles. The number of halogens is 2. The summed E-state index contributed by atoms with van der Waals surface area (Å²) in [6, 6.07) is 0. The molecule has 1 unspecified atom stereocenters. The van der Waals surface area contributed by atoms with Gasteiger partial charge in [-0.1, -0.05) is 6.92 Å². The lowest BCUT2D eigenvalue weighted by Gasteiger charge is -2.18. The molecule has 21 heavy (non-hydrogen) atoms. The van der Waals surface area contributed by atoms with E-state index in [9.17, 15) is 17.2 Å². The van der Waals surface area contributed by atoms with Gasteiger partial charge in [0.25, 0.3) is 5.92 Å². The molecule has 1 atom stereocenters. The molecule has 1 aromatic rings. The van der Waals surface area contributed by atoms with Gasteiger partial charge in [0.05, 0.1) is 5.75 Å². The molecule has 1 fully saturated rings. The van der Waals surface area contributed by atoms with Gasteiger partial charge >= 0.3 is 0 Å². The van der Waals surface area contributed by atoms with Crippen LogP contribution in [0.2, 0.25) is 0 Å². The fourth-order valence-electron chi connectivity index (χ4n) is 2.80. The maximum Gasteiger partial charge on any atom is 0.250 e. The molecule has 0 saturated heterocycles. The average molecular weight is 321 g/mol. The highest BCUT2D eigenvalue weighted by molar-refractivity contribution is 7.91. The third kappa shape index (κ3) is 3.41. The molecule has 1 aliphatic carbocycles. The van der Waals surface area contributed by atoms with E-state index < -0.39 is 21.7 Å². The summed E-state index contributed by atoms with van der Waals surface area (Å²) in [5.74, 6) is -3.27. The van der Waals surface area contributed by atoms with Gasteiger partial charge in [0.1, 0.15) is 5.82 Å². The number of alkyl halides is 2. The molecule has 5 nitrogen and oxygen atoms in total. The van der Waals surface area contributed by atoms with Gasteiger partial charge < -0.3 is 4.57 Å². The van der Waals surface area contributed by atoms with Crippen molar-refractivity contribution in [3.63, 3.8) is 0 Å². The standard InChI is InChI=1S/C13H21F2N3O2S/c1-3-5-11-16-17-12(18(11)2)21(19,20)9-7-10-6-4-8-13(10,14)15/h10H,3-9H2,1-2H3. The number of nitrogens with zero attached hydrogens (tertiary/aromatic N) is 3. The second kappa shape index (κ2) is 5.98. The molecule has 0 radical (unpaired) electrons. The topological polar surface area (TPSA) is 64.8 Å². The Morgan fingerprint density at radius 3 is 2.67 bits per heavy atom. The van der Waals surface area contributed by atoms with Crippen molar-refractivity contribution in [1.29, 1.82) is 0 Å². The Morgan fingerprint density at radius 2 is 2.10 bits per heavy atom. The van der Waals surface area contributed by atoms with E-state index in [1.807, 2.05) is 6.92 Å². The van der Waals surface area contributed by atoms with Gasteiger partial charge in [0, 0.05) is 25.8 Å². The molecule has 1 aromatic heterocycles. The maximum atomic E-state index is 13.5. The maximum absolute atomic E-state index is 13.5. The van der Waals surface area contributed by atoms with Crippen LogP contribution in [0.25, 0.3) is 0 Å². The molecule has 0 N–H and O–H groups in total. The van der Waals surface area contributed by atoms with E-state index in [1.54, 1.807) is 7.05 Å². The van der Waals surface area contributed by atoms with E-state index in [2.05, 4.69) is 10.2 Å². The summed E-state index contributed by atoms with van der Waals surface area (Å²) in [5.41, 5.74) is 0. The smallest absolute Gasteiger partial charge is 0.250 e. The number of hydrogen-bond acceptors (Lipinski definition) is 4. The van der Waals surface area contributed by atoms with Crippen molar-refractivity contribution in [2.45, 2.75) is 56.5 Å². The summed E-state index contributed by atoms with van der Waals surface area (Å²) in [6.45, 7) is 1.96. The van der Waals surface area contributed by atoms with Crippen molar-refractivity contribution in [2.75, 3.05) is 5.75 Å². The molecule has 0 bridgehead atoms. The minimum atomic E-state index is -3.67. The van der Waals surface area contributed by atoms with Crippen molar-refractivity contribution in [2.24, 2.45) is 13.0 Å². The summed E-state index contributed by atoms with van der Waals surface area (Å²) in [6.07, 6.45) is 2.17. The monoisotopic (exact) mass is 321 g/mol. The summed E-state index contributed by atoms with van der Waals surface area (Å²) in [4.78, 5) is 0. The minimum Gasteiger partial charge on any atom is -0.305 e. The molecular weight excluding hydrogens is 300 g/mol. The van der Waals surface area contributed by atoms with Crippen LogP contribution in [0.1, 0.15) is 44.9 Å². The van der Waals surface area contributed by atoms with Crippen LogP contribution >= 0.6 is 0 Å². The fraction of sp³-hybridized carbons (Fsp3) is 0.846. The Hall–Kier alpha value is -1.05. The number of sulfone groups is 1. The van der Waals surface area contributed by atoms with Crippen LogP contribution < -0.4 is 0 Å². The van der Waals surface area contributed by atoms with E-state index in [1.165, 1.54) is 4.57 Å². The lowest BCUT2D eigenvalue weighted by atomic mass is 10.0. The molecule has 0 aromatic carbocycles. The Kier molecular flexibility index (Phi) is 4.65. The first-order chi connectivity index (χ1) is 9.78. The van der Waals surface area contributed by atoms with Gasteiger partial charge in [-0.05, 0) is 25.7 Å². The molecule has 0 spiro atoms. The largest absolute Gasteiger partial charge is 0.305 e. The van der Waals surface area contributed by atoms with Crippen molar-refractivity contribution in [3.8, 4) is 0 Å². The van der Waals surface area contributed by atoms with Gasteiger partial charge in [0.15, 0.2) is 0 Å². The van der Waals surface area contributed by atoms with Crippen molar-refractivity contribution < 1.29 is 17.2 Å². The van der Waals surface area contributed by atoms with Crippen molar-refractivity contribution in [1.82, 2.24) is 14.8 Å². The van der Waals surface area contributed by atoms with Crippen LogP contribution in [0, 0.1) is 5.92 Å².